The number of aliphatic imine (C=N–C) groups is 1. The Kier molecular flexibility index (Phi) is 9.21. The van der Waals surface area contributed by atoms with Gasteiger partial charge < -0.3 is 0 Å². The summed E-state index contributed by atoms with van der Waals surface area (Å²) in [6, 6.07) is 63.5. The normalized spacial score (nSPS) is 13.7. The number of fused-ring (bicyclic) bond motifs is 14. The van der Waals surface area contributed by atoms with Crippen molar-refractivity contribution in [2.24, 2.45) is 4.99 Å². The summed E-state index contributed by atoms with van der Waals surface area (Å²) in [5.74, 6) is 0.908. The van der Waals surface area contributed by atoms with Crippen LogP contribution >= 0.6 is 11.3 Å². The van der Waals surface area contributed by atoms with Crippen LogP contribution in [0.25, 0.3) is 97.0 Å². The van der Waals surface area contributed by atoms with Gasteiger partial charge in [-0.3, -0.25) is 4.57 Å². The highest BCUT2D eigenvalue weighted by atomic mass is 32.1. The lowest BCUT2D eigenvalue weighted by Crippen LogP contribution is -2.15. The van der Waals surface area contributed by atoms with E-state index in [1.54, 1.807) is 0 Å². The van der Waals surface area contributed by atoms with Gasteiger partial charge in [0.15, 0.2) is 0 Å². The number of nitrogens with zero attached hydrogens (tertiary/aromatic N) is 2. The van der Waals surface area contributed by atoms with Gasteiger partial charge in [0, 0.05) is 42.8 Å². The zero-order chi connectivity index (χ0) is 45.0. The van der Waals surface area contributed by atoms with E-state index < -0.39 is 0 Å². The molecular formula is C63H50N2S. The minimum Gasteiger partial charge on any atom is -0.292 e. The molecule has 2 nitrogen and oxygen atoms in total. The molecule has 0 bridgehead atoms. The number of aromatic nitrogens is 1. The average Bonchev–Trinajstić information content (AvgIpc) is 3.96. The van der Waals surface area contributed by atoms with E-state index in [0.717, 1.165) is 39.3 Å². The van der Waals surface area contributed by atoms with Crippen LogP contribution in [0.4, 0.5) is 0 Å². The molecule has 318 valence electrons. The highest BCUT2D eigenvalue weighted by Gasteiger charge is 2.36. The molecule has 0 spiro atoms. The van der Waals surface area contributed by atoms with Crippen molar-refractivity contribution in [3.05, 3.63) is 215 Å². The maximum Gasteiger partial charge on any atom is 0.145 e. The third-order valence-electron chi connectivity index (χ3n) is 14.3. The fourth-order valence-corrected chi connectivity index (χ4v) is 12.4. The first-order valence-electron chi connectivity index (χ1n) is 23.2. The quantitative estimate of drug-likeness (QED) is 0.121. The first kappa shape index (κ1) is 40.2. The summed E-state index contributed by atoms with van der Waals surface area (Å²) in [5.41, 5.74) is 18.1. The van der Waals surface area contributed by atoms with Crippen molar-refractivity contribution in [2.75, 3.05) is 0 Å². The van der Waals surface area contributed by atoms with Gasteiger partial charge in [-0.15, -0.1) is 11.3 Å². The Bertz CT molecular complexity index is 3930. The topological polar surface area (TPSA) is 17.3 Å². The molecule has 12 rings (SSSR count). The van der Waals surface area contributed by atoms with Crippen LogP contribution < -0.4 is 0 Å². The molecule has 0 atom stereocenters. The van der Waals surface area contributed by atoms with Crippen LogP contribution in [0.2, 0.25) is 0 Å². The number of rotatable bonds is 5. The average molecular weight is 867 g/mol. The van der Waals surface area contributed by atoms with Gasteiger partial charge in [-0.25, -0.2) is 4.99 Å². The lowest BCUT2D eigenvalue weighted by molar-refractivity contribution is 0.660. The molecule has 0 fully saturated rings. The number of benzene rings is 9. The fourth-order valence-electron chi connectivity index (χ4n) is 11.1. The van der Waals surface area contributed by atoms with E-state index in [1.165, 1.54) is 103 Å². The standard InChI is InChI=1S/C63H50N2S/c1-8-44(40-30-28-38(4)29-31-40)62(64-59(37(2)3)45-21-12-9-18-39(45)5)65-54-27-16-14-23-49(54)57-50-35-43(46-24-17-26-53-56(46)48-22-13-15-25-52(48)63(53,6)7)32-33-47(50)58-51-34-41-19-10-11-20-42(41)36-55(51)66-61(58)60(57)65/h8-36H,1-7H3/b44-8-,64-62?. The SMILES string of the molecule is C/C=C(\C(=NC(=C(C)C)c1ccccc1C)n1c2ccccc2c2c3cc(-c4cccc5c4-c4ccccc4C5(C)C)ccc3c3c4cc5ccccc5cc4sc3c21)c1ccc(C)cc1. The summed E-state index contributed by atoms with van der Waals surface area (Å²) in [6.07, 6.45) is 2.26. The molecule has 0 saturated heterocycles. The Morgan fingerprint density at radius 3 is 2.09 bits per heavy atom. The van der Waals surface area contributed by atoms with Gasteiger partial charge in [0.05, 0.1) is 21.4 Å². The Morgan fingerprint density at radius 2 is 1.30 bits per heavy atom. The van der Waals surface area contributed by atoms with Crippen molar-refractivity contribution >= 4 is 92.0 Å². The first-order valence-corrected chi connectivity index (χ1v) is 24.0. The number of aryl methyl sites for hydroxylation is 2. The molecule has 9 aromatic carbocycles. The summed E-state index contributed by atoms with van der Waals surface area (Å²) in [6.45, 7) is 15.6. The molecule has 0 N–H and O–H groups in total. The van der Waals surface area contributed by atoms with Crippen LogP contribution in [-0.2, 0) is 5.41 Å². The summed E-state index contributed by atoms with van der Waals surface area (Å²) < 4.78 is 5.07. The molecule has 11 aromatic rings. The minimum atomic E-state index is -0.0931. The highest BCUT2D eigenvalue weighted by Crippen LogP contribution is 2.54. The van der Waals surface area contributed by atoms with E-state index in [0.29, 0.717) is 0 Å². The van der Waals surface area contributed by atoms with E-state index in [-0.39, 0.29) is 5.41 Å². The van der Waals surface area contributed by atoms with Gasteiger partial charge in [-0.1, -0.05) is 177 Å². The van der Waals surface area contributed by atoms with Gasteiger partial charge in [0.2, 0.25) is 0 Å². The smallest absolute Gasteiger partial charge is 0.145 e. The second-order valence-electron chi connectivity index (χ2n) is 18.9. The summed E-state index contributed by atoms with van der Waals surface area (Å²) in [7, 11) is 0. The number of hydrogen-bond acceptors (Lipinski definition) is 2. The van der Waals surface area contributed by atoms with Gasteiger partial charge in [-0.2, -0.15) is 0 Å². The molecule has 2 aromatic heterocycles. The maximum absolute atomic E-state index is 5.94. The van der Waals surface area contributed by atoms with Gasteiger partial charge in [0.1, 0.15) is 5.84 Å². The van der Waals surface area contributed by atoms with E-state index >= 15 is 0 Å². The van der Waals surface area contributed by atoms with Crippen molar-refractivity contribution in [3.63, 3.8) is 0 Å². The molecule has 2 heterocycles. The predicted octanol–water partition coefficient (Wildman–Crippen LogP) is 17.9. The van der Waals surface area contributed by atoms with Crippen molar-refractivity contribution in [2.45, 2.75) is 53.9 Å². The lowest BCUT2D eigenvalue weighted by atomic mass is 9.82. The third kappa shape index (κ3) is 5.96. The highest BCUT2D eigenvalue weighted by molar-refractivity contribution is 7.27. The minimum absolute atomic E-state index is 0.0931. The molecule has 66 heavy (non-hydrogen) atoms. The molecule has 0 aliphatic heterocycles. The second kappa shape index (κ2) is 15.1. The Labute approximate surface area is 390 Å². The molecule has 0 saturated carbocycles. The number of para-hydroxylation sites is 1. The summed E-state index contributed by atoms with van der Waals surface area (Å²) >= 11 is 1.91. The van der Waals surface area contributed by atoms with Crippen molar-refractivity contribution in [1.82, 2.24) is 4.57 Å². The van der Waals surface area contributed by atoms with Crippen LogP contribution in [0.1, 0.15) is 68.0 Å². The predicted molar refractivity (Wildman–Crippen MR) is 287 cm³/mol. The molecule has 0 radical (unpaired) electrons. The van der Waals surface area contributed by atoms with Gasteiger partial charge in [0.25, 0.3) is 0 Å². The molecule has 1 aliphatic carbocycles. The Morgan fingerprint density at radius 1 is 0.606 bits per heavy atom. The fraction of sp³-hybridized carbons (Fsp3) is 0.127. The summed E-state index contributed by atoms with van der Waals surface area (Å²) in [4.78, 5) is 5.94. The van der Waals surface area contributed by atoms with Crippen LogP contribution in [-0.4, -0.2) is 10.4 Å². The maximum atomic E-state index is 5.94. The van der Waals surface area contributed by atoms with E-state index in [4.69, 9.17) is 4.99 Å². The van der Waals surface area contributed by atoms with Crippen molar-refractivity contribution < 1.29 is 0 Å². The molecular weight excluding hydrogens is 817 g/mol. The van der Waals surface area contributed by atoms with E-state index in [1.807, 2.05) is 11.3 Å². The monoisotopic (exact) mass is 866 g/mol. The van der Waals surface area contributed by atoms with Crippen LogP contribution in [0.3, 0.4) is 0 Å². The zero-order valence-electron chi connectivity index (χ0n) is 38.5. The molecule has 0 unspecified atom stereocenters. The molecule has 3 heteroatoms. The van der Waals surface area contributed by atoms with Gasteiger partial charge >= 0.3 is 0 Å². The number of hydrogen-bond donors (Lipinski definition) is 0. The molecule has 0 amide bonds. The van der Waals surface area contributed by atoms with E-state index in [2.05, 4.69) is 229 Å². The third-order valence-corrected chi connectivity index (χ3v) is 15.5. The Hall–Kier alpha value is -7.33. The van der Waals surface area contributed by atoms with Crippen LogP contribution in [0.15, 0.2) is 186 Å². The zero-order valence-corrected chi connectivity index (χ0v) is 39.4. The van der Waals surface area contributed by atoms with Gasteiger partial charge in [-0.05, 0) is 125 Å². The second-order valence-corrected chi connectivity index (χ2v) is 20.0. The van der Waals surface area contributed by atoms with Crippen LogP contribution in [0.5, 0.6) is 0 Å². The number of thiophene rings is 1. The summed E-state index contributed by atoms with van der Waals surface area (Å²) in [5, 5.41) is 10.1. The van der Waals surface area contributed by atoms with Crippen LogP contribution in [0, 0.1) is 13.8 Å². The molecule has 1 aliphatic rings. The first-order chi connectivity index (χ1) is 32.1. The Balaban J connectivity index is 1.27. The lowest BCUT2D eigenvalue weighted by Gasteiger charge is -2.21. The van der Waals surface area contributed by atoms with Crippen molar-refractivity contribution in [1.29, 1.82) is 0 Å². The number of allylic oxidation sites excluding steroid dienone is 3. The largest absolute Gasteiger partial charge is 0.292 e. The van der Waals surface area contributed by atoms with E-state index in [9.17, 15) is 0 Å². The van der Waals surface area contributed by atoms with Crippen molar-refractivity contribution in [3.8, 4) is 22.3 Å².